The van der Waals surface area contributed by atoms with Crippen molar-refractivity contribution >= 4 is 23.4 Å². The van der Waals surface area contributed by atoms with E-state index in [-0.39, 0.29) is 18.0 Å². The molecule has 0 unspecified atom stereocenters. The minimum Gasteiger partial charge on any atom is -0.447 e. The first-order chi connectivity index (χ1) is 11.2. The standard InChI is InChI=1S/C17H23N3O3/c1-2-8-19-9-4-7-15(19)16(21)18-13-5-3-6-14(12-13)20-10-11-23-17(20)22/h3,5-6,12,15H,2,4,7-11H2,1H3,(H,18,21)/t15-/m0/s1. The van der Waals surface area contributed by atoms with Gasteiger partial charge in [0.1, 0.15) is 6.61 Å². The minimum absolute atomic E-state index is 0.0390. The van der Waals surface area contributed by atoms with Crippen LogP contribution in [-0.4, -0.2) is 49.2 Å². The molecule has 0 aromatic heterocycles. The lowest BCUT2D eigenvalue weighted by Gasteiger charge is -2.23. The number of ether oxygens (including phenoxy) is 1. The topological polar surface area (TPSA) is 61.9 Å². The molecule has 0 aliphatic carbocycles. The van der Waals surface area contributed by atoms with Crippen molar-refractivity contribution in [1.82, 2.24) is 4.90 Å². The average molecular weight is 317 g/mol. The van der Waals surface area contributed by atoms with E-state index < -0.39 is 0 Å². The smallest absolute Gasteiger partial charge is 0.414 e. The molecule has 23 heavy (non-hydrogen) atoms. The summed E-state index contributed by atoms with van der Waals surface area (Å²) in [7, 11) is 0. The lowest BCUT2D eigenvalue weighted by molar-refractivity contribution is -0.120. The van der Waals surface area contributed by atoms with Crippen LogP contribution in [0.5, 0.6) is 0 Å². The van der Waals surface area contributed by atoms with E-state index in [4.69, 9.17) is 4.74 Å². The number of anilines is 2. The summed E-state index contributed by atoms with van der Waals surface area (Å²) in [5, 5.41) is 2.99. The van der Waals surface area contributed by atoms with Crippen molar-refractivity contribution in [2.24, 2.45) is 0 Å². The van der Waals surface area contributed by atoms with Crippen molar-refractivity contribution in [3.8, 4) is 0 Å². The second kappa shape index (κ2) is 7.00. The Morgan fingerprint density at radius 1 is 1.39 bits per heavy atom. The maximum Gasteiger partial charge on any atom is 0.414 e. The van der Waals surface area contributed by atoms with Gasteiger partial charge in [0.15, 0.2) is 0 Å². The fourth-order valence-corrected chi connectivity index (χ4v) is 3.28. The number of carbonyl (C=O) groups excluding carboxylic acids is 2. The van der Waals surface area contributed by atoms with E-state index in [1.807, 2.05) is 24.3 Å². The van der Waals surface area contributed by atoms with Gasteiger partial charge in [-0.25, -0.2) is 4.79 Å². The van der Waals surface area contributed by atoms with Gasteiger partial charge in [0.25, 0.3) is 0 Å². The Morgan fingerprint density at radius 2 is 2.26 bits per heavy atom. The fraction of sp³-hybridized carbons (Fsp3) is 0.529. The van der Waals surface area contributed by atoms with E-state index in [0.717, 1.165) is 43.7 Å². The summed E-state index contributed by atoms with van der Waals surface area (Å²) in [6.07, 6.45) is 2.69. The van der Waals surface area contributed by atoms with E-state index in [1.54, 1.807) is 4.90 Å². The van der Waals surface area contributed by atoms with E-state index in [9.17, 15) is 9.59 Å². The summed E-state index contributed by atoms with van der Waals surface area (Å²) in [6.45, 7) is 5.03. The number of benzene rings is 1. The number of likely N-dealkylation sites (tertiary alicyclic amines) is 1. The number of nitrogens with one attached hydrogen (secondary N) is 1. The summed E-state index contributed by atoms with van der Waals surface area (Å²) in [5.74, 6) is 0.0390. The van der Waals surface area contributed by atoms with Gasteiger partial charge in [-0.05, 0) is 50.6 Å². The zero-order valence-electron chi connectivity index (χ0n) is 13.5. The summed E-state index contributed by atoms with van der Waals surface area (Å²) < 4.78 is 4.96. The molecule has 2 amide bonds. The maximum absolute atomic E-state index is 12.5. The number of hydrogen-bond acceptors (Lipinski definition) is 4. The molecule has 0 spiro atoms. The lowest BCUT2D eigenvalue weighted by Crippen LogP contribution is -2.40. The molecular formula is C17H23N3O3. The van der Waals surface area contributed by atoms with Crippen LogP contribution in [0.4, 0.5) is 16.2 Å². The number of cyclic esters (lactones) is 1. The van der Waals surface area contributed by atoms with Crippen LogP contribution in [0.1, 0.15) is 26.2 Å². The Morgan fingerprint density at radius 3 is 3.00 bits per heavy atom. The van der Waals surface area contributed by atoms with Crippen LogP contribution in [-0.2, 0) is 9.53 Å². The molecule has 124 valence electrons. The van der Waals surface area contributed by atoms with Gasteiger partial charge in [0, 0.05) is 11.4 Å². The Kier molecular flexibility index (Phi) is 4.81. The Balaban J connectivity index is 1.68. The third kappa shape index (κ3) is 3.47. The molecule has 1 atom stereocenters. The van der Waals surface area contributed by atoms with Gasteiger partial charge in [-0.15, -0.1) is 0 Å². The highest BCUT2D eigenvalue weighted by atomic mass is 16.6. The first-order valence-electron chi connectivity index (χ1n) is 8.28. The highest BCUT2D eigenvalue weighted by Crippen LogP contribution is 2.24. The SMILES string of the molecule is CCCN1CCC[C@H]1C(=O)Nc1cccc(N2CCOC2=O)c1. The predicted molar refractivity (Wildman–Crippen MR) is 88.7 cm³/mol. The molecular weight excluding hydrogens is 294 g/mol. The molecule has 1 N–H and O–H groups in total. The first-order valence-corrected chi connectivity index (χ1v) is 8.28. The monoisotopic (exact) mass is 317 g/mol. The second-order valence-corrected chi connectivity index (χ2v) is 6.00. The highest BCUT2D eigenvalue weighted by Gasteiger charge is 2.30. The van der Waals surface area contributed by atoms with E-state index in [1.165, 1.54) is 0 Å². The normalized spacial score (nSPS) is 21.5. The number of hydrogen-bond donors (Lipinski definition) is 1. The minimum atomic E-state index is -0.335. The highest BCUT2D eigenvalue weighted by molar-refractivity contribution is 5.96. The first kappa shape index (κ1) is 15.8. The Hall–Kier alpha value is -2.08. The summed E-state index contributed by atoms with van der Waals surface area (Å²) in [5.41, 5.74) is 1.47. The molecule has 1 aromatic rings. The van der Waals surface area contributed by atoms with E-state index >= 15 is 0 Å². The fourth-order valence-electron chi connectivity index (χ4n) is 3.28. The van der Waals surface area contributed by atoms with Crippen molar-refractivity contribution in [2.45, 2.75) is 32.2 Å². The van der Waals surface area contributed by atoms with E-state index in [0.29, 0.717) is 13.2 Å². The third-order valence-electron chi connectivity index (χ3n) is 4.36. The zero-order chi connectivity index (χ0) is 16.2. The largest absolute Gasteiger partial charge is 0.447 e. The Bertz CT molecular complexity index is 590. The molecule has 2 aliphatic rings. The molecule has 3 rings (SSSR count). The van der Waals surface area contributed by atoms with E-state index in [2.05, 4.69) is 17.1 Å². The number of amides is 2. The maximum atomic E-state index is 12.5. The van der Waals surface area contributed by atoms with Gasteiger partial charge >= 0.3 is 6.09 Å². The molecule has 6 heteroatoms. The van der Waals surface area contributed by atoms with Gasteiger partial charge < -0.3 is 10.1 Å². The van der Waals surface area contributed by atoms with Crippen molar-refractivity contribution in [3.05, 3.63) is 24.3 Å². The summed E-state index contributed by atoms with van der Waals surface area (Å²) in [6, 6.07) is 7.32. The van der Waals surface area contributed by atoms with Crippen LogP contribution in [0, 0.1) is 0 Å². The lowest BCUT2D eigenvalue weighted by atomic mass is 10.2. The molecule has 0 radical (unpaired) electrons. The van der Waals surface area contributed by atoms with Crippen molar-refractivity contribution < 1.29 is 14.3 Å². The average Bonchev–Trinajstić information content (AvgIpc) is 3.17. The van der Waals surface area contributed by atoms with Crippen molar-refractivity contribution in [1.29, 1.82) is 0 Å². The molecule has 6 nitrogen and oxygen atoms in total. The van der Waals surface area contributed by atoms with Crippen molar-refractivity contribution in [2.75, 3.05) is 36.5 Å². The molecule has 2 fully saturated rings. The number of nitrogens with zero attached hydrogens (tertiary/aromatic N) is 2. The number of rotatable bonds is 5. The number of carbonyl (C=O) groups is 2. The third-order valence-corrected chi connectivity index (χ3v) is 4.36. The molecule has 2 saturated heterocycles. The van der Waals surface area contributed by atoms with Gasteiger partial charge in [0.2, 0.25) is 5.91 Å². The molecule has 2 heterocycles. The van der Waals surface area contributed by atoms with Crippen LogP contribution < -0.4 is 10.2 Å². The molecule has 1 aromatic carbocycles. The second-order valence-electron chi connectivity index (χ2n) is 6.00. The summed E-state index contributed by atoms with van der Waals surface area (Å²) in [4.78, 5) is 28.0. The van der Waals surface area contributed by atoms with Gasteiger partial charge in [-0.2, -0.15) is 0 Å². The molecule has 0 bridgehead atoms. The molecule has 0 saturated carbocycles. The Labute approximate surface area is 136 Å². The van der Waals surface area contributed by atoms with Gasteiger partial charge in [-0.3, -0.25) is 14.6 Å². The summed E-state index contributed by atoms with van der Waals surface area (Å²) >= 11 is 0. The van der Waals surface area contributed by atoms with Crippen LogP contribution >= 0.6 is 0 Å². The molecule has 2 aliphatic heterocycles. The quantitative estimate of drug-likeness (QED) is 0.906. The van der Waals surface area contributed by atoms with Crippen LogP contribution in [0.2, 0.25) is 0 Å². The van der Waals surface area contributed by atoms with Gasteiger partial charge in [-0.1, -0.05) is 13.0 Å². The van der Waals surface area contributed by atoms with Crippen LogP contribution in [0.3, 0.4) is 0 Å². The predicted octanol–water partition coefficient (Wildman–Crippen LogP) is 2.46. The van der Waals surface area contributed by atoms with Crippen molar-refractivity contribution in [3.63, 3.8) is 0 Å². The van der Waals surface area contributed by atoms with Crippen LogP contribution in [0.25, 0.3) is 0 Å². The van der Waals surface area contributed by atoms with Crippen LogP contribution in [0.15, 0.2) is 24.3 Å². The van der Waals surface area contributed by atoms with Gasteiger partial charge in [0.05, 0.1) is 12.6 Å². The zero-order valence-corrected chi connectivity index (χ0v) is 13.5.